The number of rotatable bonds is 6. The van der Waals surface area contributed by atoms with E-state index in [0.717, 1.165) is 5.69 Å². The van der Waals surface area contributed by atoms with E-state index in [0.29, 0.717) is 11.4 Å². The molecule has 0 unspecified atom stereocenters. The second-order valence-corrected chi connectivity index (χ2v) is 4.73. The molecule has 2 heterocycles. The molecule has 1 amide bonds. The number of ether oxygens (including phenoxy) is 1. The predicted molar refractivity (Wildman–Crippen MR) is 75.3 cm³/mol. The van der Waals surface area contributed by atoms with Gasteiger partial charge in [0.05, 0.1) is 12.1 Å². The molecule has 2 aromatic heterocycles. The van der Waals surface area contributed by atoms with Gasteiger partial charge in [-0.05, 0) is 19.1 Å². The van der Waals surface area contributed by atoms with Crippen LogP contribution in [0.4, 0.5) is 0 Å². The molecule has 2 rings (SSSR count). The highest BCUT2D eigenvalue weighted by atomic mass is 16.5. The highest BCUT2D eigenvalue weighted by Gasteiger charge is 2.12. The summed E-state index contributed by atoms with van der Waals surface area (Å²) in [5.74, 6) is -0.694. The minimum absolute atomic E-state index is 0.0860. The van der Waals surface area contributed by atoms with Gasteiger partial charge in [0.25, 0.3) is 5.91 Å². The van der Waals surface area contributed by atoms with Crippen LogP contribution in [0.15, 0.2) is 24.5 Å². The number of aryl methyl sites for hydroxylation is 1. The zero-order valence-corrected chi connectivity index (χ0v) is 11.9. The fourth-order valence-corrected chi connectivity index (χ4v) is 1.86. The Morgan fingerprint density at radius 2 is 2.24 bits per heavy atom. The Labute approximate surface area is 121 Å². The van der Waals surface area contributed by atoms with Crippen LogP contribution in [-0.4, -0.2) is 51.5 Å². The van der Waals surface area contributed by atoms with Crippen molar-refractivity contribution in [2.24, 2.45) is 0 Å². The molecule has 0 spiro atoms. The van der Waals surface area contributed by atoms with E-state index in [1.807, 2.05) is 29.8 Å². The summed E-state index contributed by atoms with van der Waals surface area (Å²) in [5.41, 5.74) is 1.51. The first kappa shape index (κ1) is 14.8. The van der Waals surface area contributed by atoms with Crippen LogP contribution < -0.4 is 4.74 Å². The van der Waals surface area contributed by atoms with Crippen LogP contribution in [0.2, 0.25) is 0 Å². The number of pyridine rings is 1. The van der Waals surface area contributed by atoms with Gasteiger partial charge >= 0.3 is 5.97 Å². The van der Waals surface area contributed by atoms with Crippen molar-refractivity contribution in [3.63, 3.8) is 0 Å². The van der Waals surface area contributed by atoms with E-state index < -0.39 is 5.97 Å². The number of carbonyl (C=O) groups is 2. The van der Waals surface area contributed by atoms with Crippen LogP contribution in [0, 0.1) is 6.92 Å². The van der Waals surface area contributed by atoms with Gasteiger partial charge in [-0.3, -0.25) is 9.59 Å². The summed E-state index contributed by atoms with van der Waals surface area (Å²) in [6.07, 6.45) is 3.63. The number of carboxylic acids is 1. The fraction of sp³-hybridized carbons (Fsp3) is 0.357. The average molecular weight is 291 g/mol. The summed E-state index contributed by atoms with van der Waals surface area (Å²) < 4.78 is 7.32. The van der Waals surface area contributed by atoms with Gasteiger partial charge in [-0.15, -0.1) is 0 Å². The van der Waals surface area contributed by atoms with Crippen LogP contribution in [0.3, 0.4) is 0 Å². The van der Waals surface area contributed by atoms with Gasteiger partial charge in [0.15, 0.2) is 18.0 Å². The molecular weight excluding hydrogens is 274 g/mol. The topological polar surface area (TPSA) is 84.1 Å². The third-order valence-electron chi connectivity index (χ3n) is 3.01. The lowest BCUT2D eigenvalue weighted by atomic mass is 10.4. The molecule has 0 radical (unpaired) electrons. The Kier molecular flexibility index (Phi) is 4.42. The number of hydrogen-bond donors (Lipinski definition) is 1. The molecule has 0 aromatic carbocycles. The average Bonchev–Trinajstić information content (AvgIpc) is 2.82. The maximum atomic E-state index is 11.9. The van der Waals surface area contributed by atoms with Crippen molar-refractivity contribution in [1.29, 1.82) is 0 Å². The highest BCUT2D eigenvalue weighted by molar-refractivity contribution is 5.78. The number of amides is 1. The van der Waals surface area contributed by atoms with E-state index in [4.69, 9.17) is 9.84 Å². The van der Waals surface area contributed by atoms with Crippen LogP contribution in [0.5, 0.6) is 5.75 Å². The zero-order chi connectivity index (χ0) is 15.4. The summed E-state index contributed by atoms with van der Waals surface area (Å²) >= 11 is 0. The molecule has 0 saturated carbocycles. The molecule has 0 fully saturated rings. The van der Waals surface area contributed by atoms with E-state index in [9.17, 15) is 9.59 Å². The maximum Gasteiger partial charge on any atom is 0.305 e. The summed E-state index contributed by atoms with van der Waals surface area (Å²) in [6.45, 7) is 1.88. The van der Waals surface area contributed by atoms with Crippen LogP contribution >= 0.6 is 0 Å². The molecule has 0 aliphatic heterocycles. The van der Waals surface area contributed by atoms with Crippen molar-refractivity contribution < 1.29 is 19.4 Å². The number of aliphatic carboxylic acids is 1. The van der Waals surface area contributed by atoms with Crippen molar-refractivity contribution in [3.05, 3.63) is 30.2 Å². The second-order valence-electron chi connectivity index (χ2n) is 4.73. The Hall–Kier alpha value is -2.57. The Morgan fingerprint density at radius 1 is 1.48 bits per heavy atom. The molecule has 21 heavy (non-hydrogen) atoms. The smallest absolute Gasteiger partial charge is 0.305 e. The van der Waals surface area contributed by atoms with Gasteiger partial charge in [0.1, 0.15) is 0 Å². The van der Waals surface area contributed by atoms with E-state index in [2.05, 4.69) is 4.98 Å². The summed E-state index contributed by atoms with van der Waals surface area (Å²) in [7, 11) is 1.55. The second kappa shape index (κ2) is 6.25. The molecule has 0 bridgehead atoms. The monoisotopic (exact) mass is 291 g/mol. The molecule has 7 heteroatoms. The molecule has 0 aliphatic rings. The van der Waals surface area contributed by atoms with Crippen molar-refractivity contribution in [3.8, 4) is 5.75 Å². The number of imidazole rings is 1. The Balaban J connectivity index is 1.98. The zero-order valence-electron chi connectivity index (χ0n) is 11.9. The molecule has 0 aliphatic carbocycles. The normalized spacial score (nSPS) is 10.6. The molecule has 0 atom stereocenters. The molecule has 7 nitrogen and oxygen atoms in total. The molecule has 0 saturated heterocycles. The van der Waals surface area contributed by atoms with Crippen molar-refractivity contribution >= 4 is 17.5 Å². The number of fused-ring (bicyclic) bond motifs is 1. The first-order valence-electron chi connectivity index (χ1n) is 6.50. The van der Waals surface area contributed by atoms with Gasteiger partial charge in [-0.25, -0.2) is 4.98 Å². The standard InChI is InChI=1S/C14H17N3O4/c1-10-8-17-6-3-4-11(14(17)15-10)21-9-12(18)16(2)7-5-13(19)20/h3-4,6,8H,5,7,9H2,1-2H3,(H,19,20). The van der Waals surface area contributed by atoms with Gasteiger partial charge in [0.2, 0.25) is 0 Å². The molecule has 1 N–H and O–H groups in total. The first-order chi connectivity index (χ1) is 9.97. The maximum absolute atomic E-state index is 11.9. The van der Waals surface area contributed by atoms with E-state index >= 15 is 0 Å². The van der Waals surface area contributed by atoms with Crippen LogP contribution in [0.1, 0.15) is 12.1 Å². The third-order valence-corrected chi connectivity index (χ3v) is 3.01. The van der Waals surface area contributed by atoms with Crippen molar-refractivity contribution in [2.45, 2.75) is 13.3 Å². The van der Waals surface area contributed by atoms with Crippen molar-refractivity contribution in [1.82, 2.24) is 14.3 Å². The van der Waals surface area contributed by atoms with Gasteiger partial charge < -0.3 is 19.1 Å². The van der Waals surface area contributed by atoms with Crippen molar-refractivity contribution in [2.75, 3.05) is 20.2 Å². The summed E-state index contributed by atoms with van der Waals surface area (Å²) in [5, 5.41) is 8.59. The Bertz CT molecular complexity index is 665. The lowest BCUT2D eigenvalue weighted by Crippen LogP contribution is -2.33. The van der Waals surface area contributed by atoms with Crippen LogP contribution in [0.25, 0.3) is 5.65 Å². The van der Waals surface area contributed by atoms with E-state index in [1.54, 1.807) is 13.1 Å². The van der Waals surface area contributed by atoms with Gasteiger partial charge in [-0.2, -0.15) is 0 Å². The summed E-state index contributed by atoms with van der Waals surface area (Å²) in [6, 6.07) is 3.55. The van der Waals surface area contributed by atoms with E-state index in [-0.39, 0.29) is 25.5 Å². The van der Waals surface area contributed by atoms with Gasteiger partial charge in [-0.1, -0.05) is 0 Å². The van der Waals surface area contributed by atoms with E-state index in [1.165, 1.54) is 4.90 Å². The molecule has 2 aromatic rings. The van der Waals surface area contributed by atoms with Crippen LogP contribution in [-0.2, 0) is 9.59 Å². The third kappa shape index (κ3) is 3.71. The lowest BCUT2D eigenvalue weighted by Gasteiger charge is -2.16. The van der Waals surface area contributed by atoms with Gasteiger partial charge in [0, 0.05) is 26.0 Å². The number of likely N-dealkylation sites (N-methyl/N-ethyl adjacent to an activating group) is 1. The fourth-order valence-electron chi connectivity index (χ4n) is 1.86. The molecule has 112 valence electrons. The number of nitrogens with zero attached hydrogens (tertiary/aromatic N) is 3. The molecular formula is C14H17N3O4. The number of carboxylic acid groups (broad SMARTS) is 1. The summed E-state index contributed by atoms with van der Waals surface area (Å²) in [4.78, 5) is 28.0. The number of hydrogen-bond acceptors (Lipinski definition) is 4. The Morgan fingerprint density at radius 3 is 2.95 bits per heavy atom. The largest absolute Gasteiger partial charge is 0.481 e. The first-order valence-corrected chi connectivity index (χ1v) is 6.50. The number of carbonyl (C=O) groups excluding carboxylic acids is 1. The predicted octanol–water partition coefficient (Wildman–Crippen LogP) is 0.955. The minimum atomic E-state index is -0.937. The number of aromatic nitrogens is 2. The highest BCUT2D eigenvalue weighted by Crippen LogP contribution is 2.18. The SMILES string of the molecule is Cc1cn2cccc(OCC(=O)N(C)CCC(=O)O)c2n1. The quantitative estimate of drug-likeness (QED) is 0.856. The minimum Gasteiger partial charge on any atom is -0.481 e. The lowest BCUT2D eigenvalue weighted by molar-refractivity contribution is -0.138.